The minimum Gasteiger partial charge on any atom is -0.508 e. The Morgan fingerprint density at radius 3 is 3.30 bits per heavy atom. The molecule has 1 aliphatic heterocycles. The Bertz CT molecular complexity index is 282. The van der Waals surface area contributed by atoms with Crippen molar-refractivity contribution < 1.29 is 5.11 Å². The Kier molecular flexibility index (Phi) is 1.01. The van der Waals surface area contributed by atoms with Crippen LogP contribution in [-0.2, 0) is 0 Å². The lowest BCUT2D eigenvalue weighted by molar-refractivity contribution is 0.429. The summed E-state index contributed by atoms with van der Waals surface area (Å²) in [5.74, 6) is 0.348. The number of aliphatic hydroxyl groups excluding tert-OH is 1. The zero-order valence-electron chi connectivity index (χ0n) is 5.41. The van der Waals surface area contributed by atoms with Gasteiger partial charge < -0.3 is 5.11 Å². The Morgan fingerprint density at radius 1 is 1.50 bits per heavy atom. The van der Waals surface area contributed by atoms with Gasteiger partial charge in [-0.05, 0) is 18.2 Å². The largest absolute Gasteiger partial charge is 0.508 e. The van der Waals surface area contributed by atoms with Crippen molar-refractivity contribution >= 4 is 5.71 Å². The summed E-state index contributed by atoms with van der Waals surface area (Å²) >= 11 is 0. The average Bonchev–Trinajstić information content (AvgIpc) is 2.33. The van der Waals surface area contributed by atoms with E-state index in [-0.39, 0.29) is 0 Å². The van der Waals surface area contributed by atoms with Gasteiger partial charge in [0.15, 0.2) is 0 Å². The molecule has 0 amide bonds. The molecule has 2 heteroatoms. The quantitative estimate of drug-likeness (QED) is 0.536. The van der Waals surface area contributed by atoms with E-state index in [2.05, 4.69) is 4.99 Å². The number of hydrogen-bond acceptors (Lipinski definition) is 2. The van der Waals surface area contributed by atoms with Gasteiger partial charge in [-0.3, -0.25) is 4.99 Å². The number of hydrogen-bond donors (Lipinski definition) is 1. The number of allylic oxidation sites excluding steroid dienone is 4. The molecule has 10 heavy (non-hydrogen) atoms. The number of aliphatic hydroxyl groups is 1. The molecule has 0 fully saturated rings. The van der Waals surface area contributed by atoms with Crippen LogP contribution < -0.4 is 0 Å². The zero-order valence-corrected chi connectivity index (χ0v) is 5.41. The number of aliphatic imine (C=N–C) groups is 1. The van der Waals surface area contributed by atoms with Crippen LogP contribution in [-0.4, -0.2) is 10.8 Å². The van der Waals surface area contributed by atoms with Crippen molar-refractivity contribution in [1.29, 1.82) is 0 Å². The van der Waals surface area contributed by atoms with E-state index in [1.165, 1.54) is 0 Å². The molecule has 0 aromatic heterocycles. The monoisotopic (exact) mass is 133 g/mol. The third-order valence-corrected chi connectivity index (χ3v) is 1.63. The summed E-state index contributed by atoms with van der Waals surface area (Å²) < 4.78 is 0. The maximum absolute atomic E-state index is 9.05. The Labute approximate surface area is 58.9 Å². The first-order valence-corrected chi connectivity index (χ1v) is 3.21. The van der Waals surface area contributed by atoms with E-state index in [0.29, 0.717) is 5.76 Å². The molecule has 2 rings (SSSR count). The summed E-state index contributed by atoms with van der Waals surface area (Å²) in [6.07, 6.45) is 7.90. The number of nitrogens with zero attached hydrogens (tertiary/aromatic N) is 1. The van der Waals surface area contributed by atoms with Gasteiger partial charge in [-0.25, -0.2) is 0 Å². The summed E-state index contributed by atoms with van der Waals surface area (Å²) in [4.78, 5) is 4.10. The van der Waals surface area contributed by atoms with Crippen molar-refractivity contribution in [1.82, 2.24) is 0 Å². The summed E-state index contributed by atoms with van der Waals surface area (Å²) in [6.45, 7) is 0. The second-order valence-corrected chi connectivity index (χ2v) is 2.32. The molecule has 1 aliphatic carbocycles. The second kappa shape index (κ2) is 1.84. The van der Waals surface area contributed by atoms with Crippen LogP contribution in [0.2, 0.25) is 0 Å². The fourth-order valence-corrected chi connectivity index (χ4v) is 1.10. The summed E-state index contributed by atoms with van der Waals surface area (Å²) in [6, 6.07) is 0. The van der Waals surface area contributed by atoms with Crippen molar-refractivity contribution in [3.63, 3.8) is 0 Å². The standard InChI is InChI=1S/C8H7NO/c10-7-1-2-8-6(5-7)3-4-9-8/h1,3-5,10H,2H2. The van der Waals surface area contributed by atoms with Crippen LogP contribution in [0.1, 0.15) is 6.42 Å². The topological polar surface area (TPSA) is 32.6 Å². The highest BCUT2D eigenvalue weighted by molar-refractivity contribution is 6.06. The first kappa shape index (κ1) is 5.47. The van der Waals surface area contributed by atoms with Crippen molar-refractivity contribution in [3.8, 4) is 0 Å². The van der Waals surface area contributed by atoms with E-state index in [4.69, 9.17) is 5.11 Å². The van der Waals surface area contributed by atoms with Crippen molar-refractivity contribution in [2.24, 2.45) is 4.99 Å². The van der Waals surface area contributed by atoms with Crippen molar-refractivity contribution in [2.45, 2.75) is 6.42 Å². The Balaban J connectivity index is 2.43. The van der Waals surface area contributed by atoms with Crippen molar-refractivity contribution in [2.75, 3.05) is 0 Å². The molecule has 50 valence electrons. The van der Waals surface area contributed by atoms with Gasteiger partial charge in [0, 0.05) is 18.2 Å². The van der Waals surface area contributed by atoms with E-state index < -0.39 is 0 Å². The molecule has 0 radical (unpaired) electrons. The fourth-order valence-electron chi connectivity index (χ4n) is 1.10. The van der Waals surface area contributed by atoms with E-state index >= 15 is 0 Å². The molecule has 0 aromatic carbocycles. The molecule has 0 saturated heterocycles. The van der Waals surface area contributed by atoms with Gasteiger partial charge in [-0.15, -0.1) is 0 Å². The smallest absolute Gasteiger partial charge is 0.112 e. The van der Waals surface area contributed by atoms with Crippen LogP contribution >= 0.6 is 0 Å². The van der Waals surface area contributed by atoms with Gasteiger partial charge >= 0.3 is 0 Å². The highest BCUT2D eigenvalue weighted by Gasteiger charge is 2.11. The van der Waals surface area contributed by atoms with E-state index in [1.54, 1.807) is 18.4 Å². The van der Waals surface area contributed by atoms with Crippen molar-refractivity contribution in [3.05, 3.63) is 35.8 Å². The first-order chi connectivity index (χ1) is 4.86. The van der Waals surface area contributed by atoms with Gasteiger partial charge in [-0.2, -0.15) is 0 Å². The lowest BCUT2D eigenvalue weighted by Crippen LogP contribution is -2.01. The van der Waals surface area contributed by atoms with E-state index in [9.17, 15) is 0 Å². The predicted molar refractivity (Wildman–Crippen MR) is 40.0 cm³/mol. The average molecular weight is 133 g/mol. The molecular formula is C8H7NO. The third kappa shape index (κ3) is 0.692. The highest BCUT2D eigenvalue weighted by Crippen LogP contribution is 2.18. The van der Waals surface area contributed by atoms with Crippen LogP contribution in [0.5, 0.6) is 0 Å². The molecule has 1 heterocycles. The van der Waals surface area contributed by atoms with Crippen LogP contribution in [0.3, 0.4) is 0 Å². The highest BCUT2D eigenvalue weighted by atomic mass is 16.3. The van der Waals surface area contributed by atoms with Crippen LogP contribution in [0.15, 0.2) is 40.8 Å². The first-order valence-electron chi connectivity index (χ1n) is 3.21. The lowest BCUT2D eigenvalue weighted by Gasteiger charge is -2.04. The predicted octanol–water partition coefficient (Wildman–Crippen LogP) is 1.73. The van der Waals surface area contributed by atoms with Gasteiger partial charge in [-0.1, -0.05) is 0 Å². The fraction of sp³-hybridized carbons (Fsp3) is 0.125. The normalized spacial score (nSPS) is 21.4. The second-order valence-electron chi connectivity index (χ2n) is 2.32. The maximum atomic E-state index is 9.05. The van der Waals surface area contributed by atoms with Gasteiger partial charge in [0.1, 0.15) is 5.76 Å². The molecule has 0 unspecified atom stereocenters. The molecule has 2 nitrogen and oxygen atoms in total. The van der Waals surface area contributed by atoms with Gasteiger partial charge in [0.25, 0.3) is 0 Å². The van der Waals surface area contributed by atoms with E-state index in [0.717, 1.165) is 17.7 Å². The van der Waals surface area contributed by atoms with Crippen LogP contribution in [0.25, 0.3) is 0 Å². The Morgan fingerprint density at radius 2 is 2.40 bits per heavy atom. The third-order valence-electron chi connectivity index (χ3n) is 1.63. The molecular weight excluding hydrogens is 126 g/mol. The molecule has 1 N–H and O–H groups in total. The van der Waals surface area contributed by atoms with Crippen LogP contribution in [0.4, 0.5) is 0 Å². The molecule has 2 aliphatic rings. The van der Waals surface area contributed by atoms with Crippen LogP contribution in [0, 0.1) is 0 Å². The lowest BCUT2D eigenvalue weighted by atomic mass is 10.0. The Hall–Kier alpha value is -1.31. The van der Waals surface area contributed by atoms with Gasteiger partial charge in [0.2, 0.25) is 0 Å². The number of fused-ring (bicyclic) bond motifs is 1. The van der Waals surface area contributed by atoms with Gasteiger partial charge in [0.05, 0.1) is 5.71 Å². The molecule has 0 bridgehead atoms. The zero-order chi connectivity index (χ0) is 6.97. The van der Waals surface area contributed by atoms with E-state index in [1.807, 2.05) is 6.08 Å². The molecule has 0 saturated carbocycles. The summed E-state index contributed by atoms with van der Waals surface area (Å²) in [7, 11) is 0. The summed E-state index contributed by atoms with van der Waals surface area (Å²) in [5, 5.41) is 9.05. The minimum atomic E-state index is 0.348. The minimum absolute atomic E-state index is 0.348. The summed E-state index contributed by atoms with van der Waals surface area (Å²) in [5.41, 5.74) is 2.10. The molecule has 0 atom stereocenters. The number of rotatable bonds is 0. The molecule has 0 aromatic rings. The molecule has 0 spiro atoms. The SMILES string of the molecule is OC1=CCC2=NC=CC2=C1. The maximum Gasteiger partial charge on any atom is 0.112 e.